The number of amides is 1. The highest BCUT2D eigenvalue weighted by Crippen LogP contribution is 2.14. The minimum atomic E-state index is 0.0170. The third-order valence-electron chi connectivity index (χ3n) is 3.75. The van der Waals surface area contributed by atoms with Crippen LogP contribution in [-0.4, -0.2) is 11.6 Å². The Kier molecular flexibility index (Phi) is 6.28. The van der Waals surface area contributed by atoms with E-state index in [0.29, 0.717) is 6.42 Å². The molecule has 108 valence electrons. The van der Waals surface area contributed by atoms with Crippen molar-refractivity contribution >= 4 is 11.6 Å². The molecule has 1 N–H and O–H groups in total. The first-order valence-electron chi connectivity index (χ1n) is 7.73. The van der Waals surface area contributed by atoms with Crippen molar-refractivity contribution in [3.05, 3.63) is 35.9 Å². The first-order chi connectivity index (χ1) is 9.84. The fraction of sp³-hybridized carbons (Fsp3) is 0.529. The quantitative estimate of drug-likeness (QED) is 0.831. The maximum atomic E-state index is 11.8. The van der Waals surface area contributed by atoms with Crippen LogP contribution in [0, 0.1) is 0 Å². The van der Waals surface area contributed by atoms with Gasteiger partial charge in [-0.1, -0.05) is 49.6 Å². The van der Waals surface area contributed by atoms with E-state index in [1.807, 2.05) is 30.3 Å². The van der Waals surface area contributed by atoms with Gasteiger partial charge in [-0.15, -0.1) is 0 Å². The molecule has 3 heteroatoms. The van der Waals surface area contributed by atoms with Gasteiger partial charge in [-0.3, -0.25) is 4.79 Å². The molecule has 0 radical (unpaired) electrons. The van der Waals surface area contributed by atoms with Gasteiger partial charge in [-0.05, 0) is 37.7 Å². The summed E-state index contributed by atoms with van der Waals surface area (Å²) in [6.07, 6.45) is 9.70. The minimum Gasteiger partial charge on any atom is -0.273 e. The third kappa shape index (κ3) is 5.55. The van der Waals surface area contributed by atoms with Gasteiger partial charge >= 0.3 is 0 Å². The van der Waals surface area contributed by atoms with Gasteiger partial charge in [0.05, 0.1) is 0 Å². The highest BCUT2D eigenvalue weighted by molar-refractivity contribution is 5.86. The van der Waals surface area contributed by atoms with Gasteiger partial charge in [0.1, 0.15) is 0 Å². The first kappa shape index (κ1) is 14.8. The normalized spacial score (nSPS) is 16.1. The maximum absolute atomic E-state index is 11.8. The zero-order valence-electron chi connectivity index (χ0n) is 12.1. The molecule has 20 heavy (non-hydrogen) atoms. The van der Waals surface area contributed by atoms with Crippen molar-refractivity contribution in [2.75, 3.05) is 0 Å². The zero-order chi connectivity index (χ0) is 14.0. The van der Waals surface area contributed by atoms with Crippen LogP contribution in [0.25, 0.3) is 0 Å². The fourth-order valence-electron chi connectivity index (χ4n) is 2.53. The number of rotatable bonds is 4. The summed E-state index contributed by atoms with van der Waals surface area (Å²) >= 11 is 0. The molecule has 0 heterocycles. The lowest BCUT2D eigenvalue weighted by atomic mass is 9.99. The van der Waals surface area contributed by atoms with Crippen molar-refractivity contribution in [3.63, 3.8) is 0 Å². The van der Waals surface area contributed by atoms with Gasteiger partial charge in [-0.25, -0.2) is 5.43 Å². The molecule has 1 aromatic carbocycles. The molecule has 2 rings (SSSR count). The van der Waals surface area contributed by atoms with Crippen molar-refractivity contribution in [2.24, 2.45) is 5.10 Å². The van der Waals surface area contributed by atoms with Gasteiger partial charge in [0.15, 0.2) is 0 Å². The zero-order valence-corrected chi connectivity index (χ0v) is 12.1. The van der Waals surface area contributed by atoms with Crippen LogP contribution < -0.4 is 5.43 Å². The Morgan fingerprint density at radius 2 is 1.65 bits per heavy atom. The Bertz CT molecular complexity index is 430. The Hall–Kier alpha value is -1.64. The van der Waals surface area contributed by atoms with E-state index < -0.39 is 0 Å². The number of hydrazone groups is 1. The second-order valence-electron chi connectivity index (χ2n) is 5.47. The molecule has 0 unspecified atom stereocenters. The van der Waals surface area contributed by atoms with E-state index in [2.05, 4.69) is 10.5 Å². The molecule has 0 atom stereocenters. The van der Waals surface area contributed by atoms with Crippen LogP contribution in [0.5, 0.6) is 0 Å². The summed E-state index contributed by atoms with van der Waals surface area (Å²) in [6, 6.07) is 10.1. The van der Waals surface area contributed by atoms with Gasteiger partial charge in [0.2, 0.25) is 5.91 Å². The Morgan fingerprint density at radius 3 is 2.35 bits per heavy atom. The summed E-state index contributed by atoms with van der Waals surface area (Å²) in [6.45, 7) is 0. The van der Waals surface area contributed by atoms with Crippen LogP contribution in [0.3, 0.4) is 0 Å². The Morgan fingerprint density at radius 1 is 1.00 bits per heavy atom. The number of hydrogen-bond donors (Lipinski definition) is 1. The summed E-state index contributed by atoms with van der Waals surface area (Å²) < 4.78 is 0. The molecular formula is C17H24N2O. The number of carbonyl (C=O) groups excluding carboxylic acids is 1. The molecule has 1 amide bonds. The highest BCUT2D eigenvalue weighted by Gasteiger charge is 2.06. The van der Waals surface area contributed by atoms with Crippen LogP contribution in [0.1, 0.15) is 56.9 Å². The van der Waals surface area contributed by atoms with E-state index in [-0.39, 0.29) is 5.91 Å². The standard InChI is InChI=1S/C17H24N2O/c20-17(14-13-15-9-5-4-6-10-15)19-18-16-11-7-2-1-3-8-12-16/h4-6,9-10H,1-3,7-8,11-14H2,(H,19,20). The summed E-state index contributed by atoms with van der Waals surface area (Å²) in [5.74, 6) is 0.0170. The molecule has 0 spiro atoms. The van der Waals surface area contributed by atoms with Crippen molar-refractivity contribution in [1.29, 1.82) is 0 Å². The Labute approximate surface area is 121 Å². The molecule has 0 aliphatic heterocycles. The lowest BCUT2D eigenvalue weighted by Crippen LogP contribution is -2.20. The summed E-state index contributed by atoms with van der Waals surface area (Å²) in [5.41, 5.74) is 5.08. The van der Waals surface area contributed by atoms with Crippen molar-refractivity contribution in [1.82, 2.24) is 5.43 Å². The van der Waals surface area contributed by atoms with Crippen LogP contribution in [0.2, 0.25) is 0 Å². The van der Waals surface area contributed by atoms with Crippen LogP contribution in [0.4, 0.5) is 0 Å². The van der Waals surface area contributed by atoms with Crippen LogP contribution >= 0.6 is 0 Å². The van der Waals surface area contributed by atoms with Crippen LogP contribution in [-0.2, 0) is 11.2 Å². The first-order valence-corrected chi connectivity index (χ1v) is 7.73. The maximum Gasteiger partial charge on any atom is 0.240 e. The molecule has 0 aromatic heterocycles. The van der Waals surface area contributed by atoms with Crippen molar-refractivity contribution in [2.45, 2.75) is 57.8 Å². The summed E-state index contributed by atoms with van der Waals surface area (Å²) in [5, 5.41) is 4.31. The molecule has 1 aromatic rings. The summed E-state index contributed by atoms with van der Waals surface area (Å²) in [7, 11) is 0. The van der Waals surface area contributed by atoms with E-state index in [9.17, 15) is 4.79 Å². The molecule has 3 nitrogen and oxygen atoms in total. The van der Waals surface area contributed by atoms with E-state index >= 15 is 0 Å². The third-order valence-corrected chi connectivity index (χ3v) is 3.75. The van der Waals surface area contributed by atoms with Gasteiger partial charge in [-0.2, -0.15) is 5.10 Å². The van der Waals surface area contributed by atoms with Gasteiger partial charge in [0.25, 0.3) is 0 Å². The van der Waals surface area contributed by atoms with E-state index in [1.165, 1.54) is 37.7 Å². The largest absolute Gasteiger partial charge is 0.273 e. The number of aryl methyl sites for hydroxylation is 1. The molecular weight excluding hydrogens is 248 g/mol. The number of nitrogens with one attached hydrogen (secondary N) is 1. The number of nitrogens with zero attached hydrogens (tertiary/aromatic N) is 1. The highest BCUT2D eigenvalue weighted by atomic mass is 16.2. The molecule has 0 bridgehead atoms. The monoisotopic (exact) mass is 272 g/mol. The lowest BCUT2D eigenvalue weighted by Gasteiger charge is -2.10. The van der Waals surface area contributed by atoms with E-state index in [4.69, 9.17) is 0 Å². The van der Waals surface area contributed by atoms with Gasteiger partial charge < -0.3 is 0 Å². The molecule has 0 saturated heterocycles. The molecule has 1 aliphatic rings. The average molecular weight is 272 g/mol. The second kappa shape index (κ2) is 8.51. The topological polar surface area (TPSA) is 41.5 Å². The Balaban J connectivity index is 1.73. The van der Waals surface area contributed by atoms with Gasteiger partial charge in [0, 0.05) is 12.1 Å². The molecule has 1 aliphatic carbocycles. The van der Waals surface area contributed by atoms with E-state index in [1.54, 1.807) is 0 Å². The van der Waals surface area contributed by atoms with Crippen LogP contribution in [0.15, 0.2) is 35.4 Å². The predicted octanol–water partition coefficient (Wildman–Crippen LogP) is 3.84. The predicted molar refractivity (Wildman–Crippen MR) is 82.7 cm³/mol. The number of benzene rings is 1. The average Bonchev–Trinajstić information content (AvgIpc) is 2.45. The molecule has 1 fully saturated rings. The smallest absolute Gasteiger partial charge is 0.240 e. The number of hydrogen-bond acceptors (Lipinski definition) is 2. The van der Waals surface area contributed by atoms with Crippen molar-refractivity contribution < 1.29 is 4.79 Å². The second-order valence-corrected chi connectivity index (χ2v) is 5.47. The summed E-state index contributed by atoms with van der Waals surface area (Å²) in [4.78, 5) is 11.8. The minimum absolute atomic E-state index is 0.0170. The SMILES string of the molecule is O=C(CCc1ccccc1)NN=C1CCCCCCC1. The fourth-order valence-corrected chi connectivity index (χ4v) is 2.53. The van der Waals surface area contributed by atoms with E-state index in [0.717, 1.165) is 25.0 Å². The molecule has 1 saturated carbocycles. The number of carbonyl (C=O) groups is 1. The lowest BCUT2D eigenvalue weighted by molar-refractivity contribution is -0.121. The van der Waals surface area contributed by atoms with Crippen molar-refractivity contribution in [3.8, 4) is 0 Å².